The first-order valence-corrected chi connectivity index (χ1v) is 11.5. The number of ether oxygens (including phenoxy) is 2. The van der Waals surface area contributed by atoms with Gasteiger partial charge in [-0.2, -0.15) is 0 Å². The molecule has 0 aliphatic carbocycles. The van der Waals surface area contributed by atoms with E-state index in [1.165, 1.54) is 0 Å². The van der Waals surface area contributed by atoms with Crippen LogP contribution in [0.4, 0.5) is 16.2 Å². The second-order valence-electron chi connectivity index (χ2n) is 8.49. The van der Waals surface area contributed by atoms with Gasteiger partial charge in [0.1, 0.15) is 23.0 Å². The van der Waals surface area contributed by atoms with E-state index in [9.17, 15) is 4.79 Å². The van der Waals surface area contributed by atoms with Crippen molar-refractivity contribution in [3.63, 3.8) is 0 Å². The standard InChI is InChI=1S/C27H28N4O3/c1-19-8-13-24-22(18-19)26(29-23-6-3-4-7-25(23)34-24)30-14-5-15-31(17-16-30)27(32)28-20-9-11-21(33-2)12-10-20/h3-4,6-13,18H,5,14-17H2,1-2H3,(H,28,32). The first-order chi connectivity index (χ1) is 16.6. The third-order valence-electron chi connectivity index (χ3n) is 6.11. The lowest BCUT2D eigenvalue weighted by atomic mass is 10.1. The minimum absolute atomic E-state index is 0.0975. The molecule has 7 heteroatoms. The molecular formula is C27H28N4O3. The number of urea groups is 1. The molecule has 2 amide bonds. The molecule has 0 atom stereocenters. The summed E-state index contributed by atoms with van der Waals surface area (Å²) < 4.78 is 11.4. The van der Waals surface area contributed by atoms with Crippen LogP contribution in [0.3, 0.4) is 0 Å². The number of fused-ring (bicyclic) bond motifs is 2. The zero-order chi connectivity index (χ0) is 23.5. The van der Waals surface area contributed by atoms with E-state index in [0.29, 0.717) is 19.6 Å². The summed E-state index contributed by atoms with van der Waals surface area (Å²) in [5.74, 6) is 3.19. The summed E-state index contributed by atoms with van der Waals surface area (Å²) in [6.45, 7) is 4.85. The number of amidine groups is 1. The Kier molecular flexibility index (Phi) is 6.08. The molecule has 3 aromatic rings. The summed E-state index contributed by atoms with van der Waals surface area (Å²) >= 11 is 0. The highest BCUT2D eigenvalue weighted by Gasteiger charge is 2.26. The van der Waals surface area contributed by atoms with Crippen LogP contribution in [-0.2, 0) is 0 Å². The van der Waals surface area contributed by atoms with Gasteiger partial charge in [-0.25, -0.2) is 9.79 Å². The maximum absolute atomic E-state index is 12.9. The molecule has 0 unspecified atom stereocenters. The van der Waals surface area contributed by atoms with Crippen LogP contribution in [0.2, 0.25) is 0 Å². The Balaban J connectivity index is 1.36. The first kappa shape index (κ1) is 21.8. The molecule has 34 heavy (non-hydrogen) atoms. The van der Waals surface area contributed by atoms with E-state index in [4.69, 9.17) is 14.5 Å². The minimum Gasteiger partial charge on any atom is -0.497 e. The number of rotatable bonds is 2. The van der Waals surface area contributed by atoms with Crippen LogP contribution in [0.15, 0.2) is 71.7 Å². The zero-order valence-corrected chi connectivity index (χ0v) is 19.5. The normalized spacial score (nSPS) is 15.2. The van der Waals surface area contributed by atoms with Gasteiger partial charge in [-0.15, -0.1) is 0 Å². The molecular weight excluding hydrogens is 428 g/mol. The average Bonchev–Trinajstić information content (AvgIpc) is 3.19. The van der Waals surface area contributed by atoms with E-state index in [0.717, 1.165) is 58.6 Å². The lowest BCUT2D eigenvalue weighted by Crippen LogP contribution is -2.39. The van der Waals surface area contributed by atoms with Crippen molar-refractivity contribution in [2.75, 3.05) is 38.6 Å². The largest absolute Gasteiger partial charge is 0.497 e. The van der Waals surface area contributed by atoms with Gasteiger partial charge in [-0.3, -0.25) is 0 Å². The third kappa shape index (κ3) is 4.55. The van der Waals surface area contributed by atoms with Gasteiger partial charge in [0.25, 0.3) is 0 Å². The molecule has 2 aliphatic heterocycles. The molecule has 0 radical (unpaired) electrons. The first-order valence-electron chi connectivity index (χ1n) is 11.5. The second kappa shape index (κ2) is 9.47. The molecule has 2 heterocycles. The fourth-order valence-corrected chi connectivity index (χ4v) is 4.29. The van der Waals surface area contributed by atoms with Gasteiger partial charge in [-0.1, -0.05) is 23.8 Å². The molecule has 0 aromatic heterocycles. The fraction of sp³-hybridized carbons (Fsp3) is 0.259. The average molecular weight is 457 g/mol. The molecule has 1 fully saturated rings. The van der Waals surface area contributed by atoms with Crippen molar-refractivity contribution in [2.24, 2.45) is 4.99 Å². The SMILES string of the molecule is COc1ccc(NC(=O)N2CCCN(C3=Nc4ccccc4Oc4ccc(C)cc43)CC2)cc1. The van der Waals surface area contributed by atoms with Crippen molar-refractivity contribution < 1.29 is 14.3 Å². The monoisotopic (exact) mass is 456 g/mol. The maximum Gasteiger partial charge on any atom is 0.321 e. The summed E-state index contributed by atoms with van der Waals surface area (Å²) in [5.41, 5.74) is 3.69. The van der Waals surface area contributed by atoms with Gasteiger partial charge in [-0.05, 0) is 61.9 Å². The number of hydrogen-bond acceptors (Lipinski definition) is 5. The molecule has 0 bridgehead atoms. The number of anilines is 1. The van der Waals surface area contributed by atoms with Crippen molar-refractivity contribution in [1.29, 1.82) is 0 Å². The van der Waals surface area contributed by atoms with E-state index in [-0.39, 0.29) is 6.03 Å². The van der Waals surface area contributed by atoms with Crippen molar-refractivity contribution in [3.8, 4) is 17.2 Å². The molecule has 3 aromatic carbocycles. The van der Waals surface area contributed by atoms with E-state index in [1.807, 2.05) is 59.5 Å². The molecule has 5 rings (SSSR count). The molecule has 1 saturated heterocycles. The van der Waals surface area contributed by atoms with Gasteiger partial charge in [0.05, 0.1) is 12.7 Å². The van der Waals surface area contributed by atoms with Crippen LogP contribution in [0.25, 0.3) is 0 Å². The number of carbonyl (C=O) groups is 1. The number of aryl methyl sites for hydroxylation is 1. The summed E-state index contributed by atoms with van der Waals surface area (Å²) in [5, 5.41) is 2.99. The summed E-state index contributed by atoms with van der Waals surface area (Å²) in [7, 11) is 1.62. The Bertz CT molecular complexity index is 1220. The van der Waals surface area contributed by atoms with Gasteiger partial charge < -0.3 is 24.6 Å². The quantitative estimate of drug-likeness (QED) is 0.559. The summed E-state index contributed by atoms with van der Waals surface area (Å²) in [4.78, 5) is 22.1. The van der Waals surface area contributed by atoms with Gasteiger partial charge in [0.2, 0.25) is 0 Å². The van der Waals surface area contributed by atoms with E-state index < -0.39 is 0 Å². The predicted molar refractivity (Wildman–Crippen MR) is 134 cm³/mol. The molecule has 0 spiro atoms. The van der Waals surface area contributed by atoms with Crippen LogP contribution in [-0.4, -0.2) is 55.0 Å². The number of nitrogens with one attached hydrogen (secondary N) is 1. The van der Waals surface area contributed by atoms with Gasteiger partial charge in [0.15, 0.2) is 5.75 Å². The van der Waals surface area contributed by atoms with Crippen LogP contribution >= 0.6 is 0 Å². The molecule has 0 saturated carbocycles. The second-order valence-corrected chi connectivity index (χ2v) is 8.49. The van der Waals surface area contributed by atoms with Crippen LogP contribution in [0.1, 0.15) is 17.5 Å². The number of para-hydroxylation sites is 2. The third-order valence-corrected chi connectivity index (χ3v) is 6.11. The predicted octanol–water partition coefficient (Wildman–Crippen LogP) is 5.43. The molecule has 2 aliphatic rings. The minimum atomic E-state index is -0.0975. The van der Waals surface area contributed by atoms with E-state index in [1.54, 1.807) is 7.11 Å². The Morgan fingerprint density at radius 1 is 0.971 bits per heavy atom. The lowest BCUT2D eigenvalue weighted by Gasteiger charge is -2.25. The van der Waals surface area contributed by atoms with Crippen molar-refractivity contribution in [1.82, 2.24) is 9.80 Å². The number of amides is 2. The number of carbonyl (C=O) groups excluding carboxylic acids is 1. The summed E-state index contributed by atoms with van der Waals surface area (Å²) in [6.07, 6.45) is 0.846. The molecule has 174 valence electrons. The zero-order valence-electron chi connectivity index (χ0n) is 19.5. The Morgan fingerprint density at radius 3 is 2.62 bits per heavy atom. The van der Waals surface area contributed by atoms with Gasteiger partial charge in [0, 0.05) is 31.9 Å². The van der Waals surface area contributed by atoms with Crippen molar-refractivity contribution in [3.05, 3.63) is 77.9 Å². The smallest absolute Gasteiger partial charge is 0.321 e. The maximum atomic E-state index is 12.9. The molecule has 1 N–H and O–H groups in total. The Labute approximate surface area is 199 Å². The number of aliphatic imine (C=N–C) groups is 1. The van der Waals surface area contributed by atoms with Crippen LogP contribution in [0, 0.1) is 6.92 Å². The highest BCUT2D eigenvalue weighted by Crippen LogP contribution is 2.38. The van der Waals surface area contributed by atoms with Crippen LogP contribution < -0.4 is 14.8 Å². The number of benzene rings is 3. The number of hydrogen-bond donors (Lipinski definition) is 1. The van der Waals surface area contributed by atoms with E-state index >= 15 is 0 Å². The summed E-state index contributed by atoms with van der Waals surface area (Å²) in [6, 6.07) is 21.3. The topological polar surface area (TPSA) is 66.4 Å². The number of nitrogens with zero attached hydrogens (tertiary/aromatic N) is 3. The Hall–Kier alpha value is -4.00. The van der Waals surface area contributed by atoms with Crippen molar-refractivity contribution in [2.45, 2.75) is 13.3 Å². The fourth-order valence-electron chi connectivity index (χ4n) is 4.29. The van der Waals surface area contributed by atoms with Crippen LogP contribution in [0.5, 0.6) is 17.2 Å². The van der Waals surface area contributed by atoms with Crippen molar-refractivity contribution >= 4 is 23.2 Å². The van der Waals surface area contributed by atoms with Gasteiger partial charge >= 0.3 is 6.03 Å². The Morgan fingerprint density at radius 2 is 1.79 bits per heavy atom. The highest BCUT2D eigenvalue weighted by molar-refractivity contribution is 6.04. The molecule has 7 nitrogen and oxygen atoms in total. The lowest BCUT2D eigenvalue weighted by molar-refractivity contribution is 0.214. The number of methoxy groups -OCH3 is 1. The van der Waals surface area contributed by atoms with E-state index in [2.05, 4.69) is 29.3 Å². The highest BCUT2D eigenvalue weighted by atomic mass is 16.5.